The zero-order valence-electron chi connectivity index (χ0n) is 16.1. The molecule has 3 aromatic rings. The third kappa shape index (κ3) is 3.80. The molecule has 1 aliphatic heterocycles. The largest absolute Gasteiger partial charge is 0.356 e. The summed E-state index contributed by atoms with van der Waals surface area (Å²) in [5.74, 6) is 0.895. The van der Waals surface area contributed by atoms with E-state index in [2.05, 4.69) is 21.9 Å². The molecule has 0 atom stereocenters. The lowest BCUT2D eigenvalue weighted by molar-refractivity contribution is -0.104. The van der Waals surface area contributed by atoms with Gasteiger partial charge in [0.2, 0.25) is 0 Å². The summed E-state index contributed by atoms with van der Waals surface area (Å²) in [5.41, 5.74) is 2.07. The van der Waals surface area contributed by atoms with Gasteiger partial charge in [-0.3, -0.25) is 4.79 Å². The minimum absolute atomic E-state index is 0.196. The number of piperidine rings is 1. The van der Waals surface area contributed by atoms with E-state index < -0.39 is 5.82 Å². The molecule has 0 aliphatic carbocycles. The van der Waals surface area contributed by atoms with E-state index in [0.717, 1.165) is 25.9 Å². The van der Waals surface area contributed by atoms with E-state index in [9.17, 15) is 9.18 Å². The highest BCUT2D eigenvalue weighted by Crippen LogP contribution is 2.42. The maximum Gasteiger partial charge on any atom is 0.167 e. The van der Waals surface area contributed by atoms with Crippen LogP contribution in [-0.4, -0.2) is 34.0 Å². The Labute approximate surface area is 188 Å². The van der Waals surface area contributed by atoms with Gasteiger partial charge in [-0.15, -0.1) is 0 Å². The first-order chi connectivity index (χ1) is 14.4. The van der Waals surface area contributed by atoms with E-state index in [0.29, 0.717) is 40.4 Å². The fraction of sp³-hybridized carbons (Fsp3) is 0.286. The molecule has 1 aromatic carbocycles. The van der Waals surface area contributed by atoms with E-state index in [1.54, 1.807) is 16.8 Å². The maximum absolute atomic E-state index is 13.7. The highest BCUT2D eigenvalue weighted by molar-refractivity contribution is 6.50. The Bertz CT molecular complexity index is 1150. The summed E-state index contributed by atoms with van der Waals surface area (Å²) in [7, 11) is 0. The lowest BCUT2D eigenvalue weighted by Crippen LogP contribution is -2.34. The van der Waals surface area contributed by atoms with Crippen molar-refractivity contribution in [3.8, 4) is 11.1 Å². The quantitative estimate of drug-likeness (QED) is 0.274. The molecule has 9 heteroatoms. The smallest absolute Gasteiger partial charge is 0.167 e. The molecule has 0 unspecified atom stereocenters. The van der Waals surface area contributed by atoms with Gasteiger partial charge in [0.25, 0.3) is 0 Å². The fourth-order valence-corrected chi connectivity index (χ4v) is 4.42. The molecule has 1 saturated heterocycles. The molecule has 0 N–H and O–H groups in total. The van der Waals surface area contributed by atoms with Crippen LogP contribution in [0.1, 0.15) is 25.3 Å². The van der Waals surface area contributed by atoms with Gasteiger partial charge >= 0.3 is 0 Å². The summed E-state index contributed by atoms with van der Waals surface area (Å²) in [6.45, 7) is 3.82. The van der Waals surface area contributed by atoms with Crippen LogP contribution in [0, 0.1) is 11.7 Å². The first-order valence-electron chi connectivity index (χ1n) is 9.49. The first kappa shape index (κ1) is 21.1. The molecular formula is C21H18Cl3FN4O. The predicted octanol–water partition coefficient (Wildman–Crippen LogP) is 5.86. The summed E-state index contributed by atoms with van der Waals surface area (Å²) >= 11 is 19.3. The maximum atomic E-state index is 13.7. The molecule has 0 bridgehead atoms. The molecule has 0 saturated carbocycles. The van der Waals surface area contributed by atoms with Crippen molar-refractivity contribution in [3.63, 3.8) is 0 Å². The molecule has 0 spiro atoms. The third-order valence-electron chi connectivity index (χ3n) is 5.33. The van der Waals surface area contributed by atoms with Gasteiger partial charge in [-0.1, -0.05) is 41.7 Å². The SMILES string of the molecule is CC1CCN(c2c(-c3ccc(F)cc3Cl)c(Cl)nc3c(/C(Cl)=C\C=O)cnn23)CC1. The van der Waals surface area contributed by atoms with Crippen LogP contribution in [0.15, 0.2) is 30.5 Å². The summed E-state index contributed by atoms with van der Waals surface area (Å²) in [5, 5.41) is 5.13. The van der Waals surface area contributed by atoms with Gasteiger partial charge in [-0.25, -0.2) is 9.37 Å². The predicted molar refractivity (Wildman–Crippen MR) is 119 cm³/mol. The minimum atomic E-state index is -0.436. The Hall–Kier alpha value is -2.15. The number of carbonyl (C=O) groups excluding carboxylic acids is 1. The van der Waals surface area contributed by atoms with Crippen LogP contribution >= 0.6 is 34.8 Å². The van der Waals surface area contributed by atoms with Crippen molar-refractivity contribution in [2.24, 2.45) is 5.92 Å². The van der Waals surface area contributed by atoms with Crippen LogP contribution in [-0.2, 0) is 4.79 Å². The second kappa shape index (κ2) is 8.53. The second-order valence-corrected chi connectivity index (χ2v) is 8.51. The summed E-state index contributed by atoms with van der Waals surface area (Å²) in [6, 6.07) is 4.17. The molecule has 4 rings (SSSR count). The zero-order chi connectivity index (χ0) is 21.4. The molecule has 0 radical (unpaired) electrons. The number of hydrogen-bond acceptors (Lipinski definition) is 4. The molecule has 30 heavy (non-hydrogen) atoms. The highest BCUT2D eigenvalue weighted by Gasteiger charge is 2.27. The molecular weight excluding hydrogens is 450 g/mol. The standard InChI is InChI=1S/C21H18Cl3FN4O/c1-12-4-7-28(8-5-12)21-18(14-3-2-13(25)10-17(14)23)19(24)27-20-15(11-26-29(20)21)16(22)6-9-30/h2-3,6,9-12H,4-5,7-8H2,1H3/b16-6+. The average Bonchev–Trinajstić information content (AvgIpc) is 3.12. The number of benzene rings is 1. The topological polar surface area (TPSA) is 50.5 Å². The fourth-order valence-electron chi connectivity index (χ4n) is 3.71. The van der Waals surface area contributed by atoms with Crippen molar-refractivity contribution in [2.45, 2.75) is 19.8 Å². The third-order valence-corrected chi connectivity index (χ3v) is 6.25. The average molecular weight is 468 g/mol. The van der Waals surface area contributed by atoms with E-state index >= 15 is 0 Å². The normalized spacial score (nSPS) is 15.8. The van der Waals surface area contributed by atoms with Gasteiger partial charge < -0.3 is 4.90 Å². The molecule has 1 fully saturated rings. The summed E-state index contributed by atoms with van der Waals surface area (Å²) in [4.78, 5) is 17.6. The Kier molecular flexibility index (Phi) is 6.00. The Balaban J connectivity index is 2.01. The second-order valence-electron chi connectivity index (χ2n) is 7.34. The number of allylic oxidation sites excluding steroid dienone is 1. The van der Waals surface area contributed by atoms with E-state index in [-0.39, 0.29) is 15.2 Å². The zero-order valence-corrected chi connectivity index (χ0v) is 18.3. The Morgan fingerprint density at radius 2 is 2.00 bits per heavy atom. The van der Waals surface area contributed by atoms with Gasteiger partial charge in [-0.2, -0.15) is 9.61 Å². The minimum Gasteiger partial charge on any atom is -0.356 e. The Morgan fingerprint density at radius 3 is 2.67 bits per heavy atom. The molecule has 1 aliphatic rings. The number of aldehydes is 1. The number of hydrogen-bond donors (Lipinski definition) is 0. The summed E-state index contributed by atoms with van der Waals surface area (Å²) < 4.78 is 15.3. The number of halogens is 4. The number of anilines is 1. The number of carbonyl (C=O) groups is 1. The van der Waals surface area contributed by atoms with E-state index in [4.69, 9.17) is 34.8 Å². The monoisotopic (exact) mass is 466 g/mol. The number of aromatic nitrogens is 3. The molecule has 3 heterocycles. The highest BCUT2D eigenvalue weighted by atomic mass is 35.5. The lowest BCUT2D eigenvalue weighted by Gasteiger charge is -2.33. The van der Waals surface area contributed by atoms with Crippen molar-refractivity contribution < 1.29 is 9.18 Å². The van der Waals surface area contributed by atoms with E-state index in [1.165, 1.54) is 18.2 Å². The molecule has 156 valence electrons. The molecule has 0 amide bonds. The van der Waals surface area contributed by atoms with Crippen LogP contribution in [0.4, 0.5) is 10.2 Å². The van der Waals surface area contributed by atoms with Crippen molar-refractivity contribution in [2.75, 3.05) is 18.0 Å². The van der Waals surface area contributed by atoms with Gasteiger partial charge in [0.05, 0.1) is 27.4 Å². The van der Waals surface area contributed by atoms with Gasteiger partial charge in [0, 0.05) is 18.7 Å². The van der Waals surface area contributed by atoms with Crippen LogP contribution in [0.3, 0.4) is 0 Å². The first-order valence-corrected chi connectivity index (χ1v) is 10.6. The number of fused-ring (bicyclic) bond motifs is 1. The molecule has 5 nitrogen and oxygen atoms in total. The van der Waals surface area contributed by atoms with Crippen molar-refractivity contribution >= 4 is 57.6 Å². The summed E-state index contributed by atoms with van der Waals surface area (Å²) in [6.07, 6.45) is 5.41. The number of rotatable bonds is 4. The van der Waals surface area contributed by atoms with Crippen molar-refractivity contribution in [1.29, 1.82) is 0 Å². The van der Waals surface area contributed by atoms with Crippen LogP contribution < -0.4 is 4.90 Å². The van der Waals surface area contributed by atoms with E-state index in [1.807, 2.05) is 0 Å². The van der Waals surface area contributed by atoms with Gasteiger partial charge in [-0.05, 0) is 43.0 Å². The van der Waals surface area contributed by atoms with Crippen LogP contribution in [0.5, 0.6) is 0 Å². The van der Waals surface area contributed by atoms with Crippen molar-refractivity contribution in [3.05, 3.63) is 52.0 Å². The van der Waals surface area contributed by atoms with Crippen LogP contribution in [0.2, 0.25) is 10.2 Å². The molecule has 2 aromatic heterocycles. The lowest BCUT2D eigenvalue weighted by atomic mass is 9.98. The number of nitrogens with zero attached hydrogens (tertiary/aromatic N) is 4. The van der Waals surface area contributed by atoms with Crippen LogP contribution in [0.25, 0.3) is 21.8 Å². The van der Waals surface area contributed by atoms with Gasteiger partial charge in [0.15, 0.2) is 5.65 Å². The van der Waals surface area contributed by atoms with Crippen molar-refractivity contribution in [1.82, 2.24) is 14.6 Å². The van der Waals surface area contributed by atoms with Gasteiger partial charge in [0.1, 0.15) is 23.1 Å². The Morgan fingerprint density at radius 1 is 1.27 bits per heavy atom.